The second-order valence-electron chi connectivity index (χ2n) is 3.20. The number of nitrogens with one attached hydrogen (secondary N) is 1. The van der Waals surface area contributed by atoms with Crippen molar-refractivity contribution in [1.82, 2.24) is 10.4 Å². The van der Waals surface area contributed by atoms with Gasteiger partial charge in [-0.3, -0.25) is 10.2 Å². The van der Waals surface area contributed by atoms with Gasteiger partial charge >= 0.3 is 0 Å². The quantitative estimate of drug-likeness (QED) is 0.343. The summed E-state index contributed by atoms with van der Waals surface area (Å²) in [5.41, 5.74) is 2.12. The molecule has 0 aliphatic heterocycles. The number of thioether (sulfide) groups is 1. The molecule has 0 saturated heterocycles. The van der Waals surface area contributed by atoms with Gasteiger partial charge < -0.3 is 0 Å². The molecule has 82 valence electrons. The average Bonchev–Trinajstić information content (AvgIpc) is 2.27. The lowest BCUT2D eigenvalue weighted by molar-refractivity contribution is -0.121. The Kier molecular flexibility index (Phi) is 5.14. The Bertz CT molecular complexity index is 305. The summed E-state index contributed by atoms with van der Waals surface area (Å²) >= 11 is 1.66. The van der Waals surface area contributed by atoms with Gasteiger partial charge in [-0.2, -0.15) is 0 Å². The summed E-state index contributed by atoms with van der Waals surface area (Å²) < 4.78 is 0. The Morgan fingerprint density at radius 1 is 1.67 bits per heavy atom. The number of pyridine rings is 1. The first-order chi connectivity index (χ1) is 7.22. The van der Waals surface area contributed by atoms with Crippen LogP contribution in [0.15, 0.2) is 29.4 Å². The number of carbonyl (C=O) groups excluding carboxylic acids is 1. The molecule has 1 unspecified atom stereocenters. The van der Waals surface area contributed by atoms with Gasteiger partial charge in [0.05, 0.1) is 5.03 Å². The van der Waals surface area contributed by atoms with Crippen molar-refractivity contribution in [2.24, 2.45) is 5.84 Å². The molecule has 1 rings (SSSR count). The summed E-state index contributed by atoms with van der Waals surface area (Å²) in [6, 6.07) is 5.80. The number of hydrogen-bond donors (Lipinski definition) is 2. The van der Waals surface area contributed by atoms with Crippen LogP contribution in [0.4, 0.5) is 0 Å². The molecule has 1 amide bonds. The van der Waals surface area contributed by atoms with E-state index >= 15 is 0 Å². The van der Waals surface area contributed by atoms with Crippen LogP contribution in [0.1, 0.15) is 19.8 Å². The topological polar surface area (TPSA) is 68.0 Å². The van der Waals surface area contributed by atoms with E-state index in [0.717, 1.165) is 11.4 Å². The number of amides is 1. The molecule has 1 aromatic heterocycles. The molecule has 0 aliphatic carbocycles. The average molecular weight is 225 g/mol. The van der Waals surface area contributed by atoms with Crippen molar-refractivity contribution in [3.05, 3.63) is 24.4 Å². The largest absolute Gasteiger partial charge is 0.294 e. The van der Waals surface area contributed by atoms with E-state index in [1.807, 2.05) is 18.2 Å². The molecular weight excluding hydrogens is 210 g/mol. The van der Waals surface area contributed by atoms with E-state index in [9.17, 15) is 4.79 Å². The number of nitrogens with zero attached hydrogens (tertiary/aromatic N) is 1. The molecule has 4 nitrogen and oxygen atoms in total. The van der Waals surface area contributed by atoms with Gasteiger partial charge in [0.15, 0.2) is 0 Å². The van der Waals surface area contributed by atoms with E-state index in [1.54, 1.807) is 18.0 Å². The van der Waals surface area contributed by atoms with Gasteiger partial charge in [0.25, 0.3) is 0 Å². The number of hydrogen-bond acceptors (Lipinski definition) is 4. The van der Waals surface area contributed by atoms with Crippen LogP contribution in [0.3, 0.4) is 0 Å². The smallest absolute Gasteiger partial charge is 0.233 e. The standard InChI is InChI=1S/C10H15N3OS/c1-8(5-6-9(14)13-11)15-10-4-2-3-7-12-10/h2-4,7-8H,5-6,11H2,1H3,(H,13,14). The van der Waals surface area contributed by atoms with Gasteiger partial charge in [0, 0.05) is 17.9 Å². The van der Waals surface area contributed by atoms with Crippen molar-refractivity contribution in [2.75, 3.05) is 0 Å². The van der Waals surface area contributed by atoms with Crippen molar-refractivity contribution >= 4 is 17.7 Å². The van der Waals surface area contributed by atoms with Crippen molar-refractivity contribution in [3.63, 3.8) is 0 Å². The summed E-state index contributed by atoms with van der Waals surface area (Å²) in [7, 11) is 0. The SMILES string of the molecule is CC(CCC(=O)NN)Sc1ccccn1. The first-order valence-electron chi connectivity index (χ1n) is 4.79. The highest BCUT2D eigenvalue weighted by molar-refractivity contribution is 7.99. The van der Waals surface area contributed by atoms with Crippen LogP contribution in [-0.4, -0.2) is 16.1 Å². The second kappa shape index (κ2) is 6.42. The molecule has 5 heteroatoms. The predicted molar refractivity (Wildman–Crippen MR) is 61.1 cm³/mol. The number of carbonyl (C=O) groups is 1. The highest BCUT2D eigenvalue weighted by Crippen LogP contribution is 2.23. The van der Waals surface area contributed by atoms with Crippen LogP contribution in [0.5, 0.6) is 0 Å². The van der Waals surface area contributed by atoms with Gasteiger partial charge in [0.2, 0.25) is 5.91 Å². The lowest BCUT2D eigenvalue weighted by Gasteiger charge is -2.09. The maximum Gasteiger partial charge on any atom is 0.233 e. The zero-order chi connectivity index (χ0) is 11.1. The fourth-order valence-corrected chi connectivity index (χ4v) is 2.02. The van der Waals surface area contributed by atoms with Gasteiger partial charge in [-0.1, -0.05) is 13.0 Å². The minimum Gasteiger partial charge on any atom is -0.294 e. The zero-order valence-electron chi connectivity index (χ0n) is 8.64. The second-order valence-corrected chi connectivity index (χ2v) is 4.66. The molecular formula is C10H15N3OS. The van der Waals surface area contributed by atoms with Gasteiger partial charge in [-0.05, 0) is 18.6 Å². The third-order valence-corrected chi connectivity index (χ3v) is 3.02. The zero-order valence-corrected chi connectivity index (χ0v) is 9.46. The van der Waals surface area contributed by atoms with E-state index in [2.05, 4.69) is 17.3 Å². The van der Waals surface area contributed by atoms with Crippen molar-refractivity contribution in [3.8, 4) is 0 Å². The van der Waals surface area contributed by atoms with Crippen LogP contribution >= 0.6 is 11.8 Å². The van der Waals surface area contributed by atoms with E-state index in [4.69, 9.17) is 5.84 Å². The number of nitrogens with two attached hydrogens (primary N) is 1. The molecule has 0 bridgehead atoms. The van der Waals surface area contributed by atoms with E-state index in [-0.39, 0.29) is 5.91 Å². The molecule has 1 atom stereocenters. The molecule has 0 aliphatic rings. The molecule has 0 fully saturated rings. The molecule has 1 heterocycles. The summed E-state index contributed by atoms with van der Waals surface area (Å²) in [6.07, 6.45) is 3.02. The van der Waals surface area contributed by atoms with Crippen molar-refractivity contribution in [2.45, 2.75) is 30.0 Å². The van der Waals surface area contributed by atoms with E-state index in [1.165, 1.54) is 0 Å². The molecule has 0 aromatic carbocycles. The normalized spacial score (nSPS) is 12.1. The molecule has 0 radical (unpaired) electrons. The van der Waals surface area contributed by atoms with Crippen LogP contribution in [0.2, 0.25) is 0 Å². The summed E-state index contributed by atoms with van der Waals surface area (Å²) in [6.45, 7) is 2.07. The fourth-order valence-electron chi connectivity index (χ4n) is 1.09. The minimum absolute atomic E-state index is 0.122. The number of rotatable bonds is 5. The van der Waals surface area contributed by atoms with Crippen LogP contribution in [0.25, 0.3) is 0 Å². The number of hydrazine groups is 1. The van der Waals surface area contributed by atoms with Crippen LogP contribution < -0.4 is 11.3 Å². The third kappa shape index (κ3) is 4.80. The molecule has 1 aromatic rings. The first-order valence-corrected chi connectivity index (χ1v) is 5.67. The predicted octanol–water partition coefficient (Wildman–Crippen LogP) is 1.33. The van der Waals surface area contributed by atoms with Gasteiger partial charge in [-0.15, -0.1) is 11.8 Å². The lowest BCUT2D eigenvalue weighted by Crippen LogP contribution is -2.30. The number of aromatic nitrogens is 1. The molecule has 3 N–H and O–H groups in total. The highest BCUT2D eigenvalue weighted by Gasteiger charge is 2.07. The lowest BCUT2D eigenvalue weighted by atomic mass is 10.2. The Labute approximate surface area is 93.6 Å². The summed E-state index contributed by atoms with van der Waals surface area (Å²) in [4.78, 5) is 15.1. The van der Waals surface area contributed by atoms with E-state index < -0.39 is 0 Å². The van der Waals surface area contributed by atoms with Crippen LogP contribution in [-0.2, 0) is 4.79 Å². The van der Waals surface area contributed by atoms with Crippen molar-refractivity contribution in [1.29, 1.82) is 0 Å². The summed E-state index contributed by atoms with van der Waals surface area (Å²) in [5, 5.41) is 1.34. The maximum atomic E-state index is 10.9. The van der Waals surface area contributed by atoms with E-state index in [0.29, 0.717) is 11.7 Å². The maximum absolute atomic E-state index is 10.9. The van der Waals surface area contributed by atoms with Crippen molar-refractivity contribution < 1.29 is 4.79 Å². The fraction of sp³-hybridized carbons (Fsp3) is 0.400. The minimum atomic E-state index is -0.122. The Hall–Kier alpha value is -1.07. The van der Waals surface area contributed by atoms with Crippen LogP contribution in [0, 0.1) is 0 Å². The Morgan fingerprint density at radius 2 is 2.47 bits per heavy atom. The third-order valence-electron chi connectivity index (χ3n) is 1.90. The van der Waals surface area contributed by atoms with Gasteiger partial charge in [-0.25, -0.2) is 10.8 Å². The Morgan fingerprint density at radius 3 is 3.07 bits per heavy atom. The molecule has 15 heavy (non-hydrogen) atoms. The Balaban J connectivity index is 2.30. The van der Waals surface area contributed by atoms with Gasteiger partial charge in [0.1, 0.15) is 0 Å². The monoisotopic (exact) mass is 225 g/mol. The summed E-state index contributed by atoms with van der Waals surface area (Å²) in [5.74, 6) is 4.87. The highest BCUT2D eigenvalue weighted by atomic mass is 32.2. The first kappa shape index (κ1) is 12.0. The molecule has 0 spiro atoms. The molecule has 0 saturated carbocycles.